The van der Waals surface area contributed by atoms with Gasteiger partial charge in [-0.05, 0) is 6.92 Å². The van der Waals surface area contributed by atoms with Crippen LogP contribution in [0.2, 0.25) is 0 Å². The van der Waals surface area contributed by atoms with E-state index in [1.54, 1.807) is 17.8 Å². The molecule has 0 aromatic carbocycles. The fraction of sp³-hybridized carbons (Fsp3) is 0.636. The Hall–Kier alpha value is -1.96. The van der Waals surface area contributed by atoms with Gasteiger partial charge in [0.25, 0.3) is 5.91 Å². The molecular formula is C11H17N5O3. The van der Waals surface area contributed by atoms with Crippen LogP contribution >= 0.6 is 0 Å². The minimum atomic E-state index is -0.331. The van der Waals surface area contributed by atoms with E-state index in [9.17, 15) is 9.59 Å². The van der Waals surface area contributed by atoms with Crippen LogP contribution in [0.5, 0.6) is 0 Å². The molecule has 0 radical (unpaired) electrons. The van der Waals surface area contributed by atoms with Crippen LogP contribution in [0.1, 0.15) is 29.9 Å². The van der Waals surface area contributed by atoms with E-state index in [0.29, 0.717) is 6.61 Å². The predicted molar refractivity (Wildman–Crippen MR) is 65.5 cm³/mol. The van der Waals surface area contributed by atoms with Crippen molar-refractivity contribution in [1.82, 2.24) is 25.6 Å². The summed E-state index contributed by atoms with van der Waals surface area (Å²) in [6.07, 6.45) is 1.77. The van der Waals surface area contributed by atoms with Crippen LogP contribution < -0.4 is 10.6 Å². The molecule has 1 aromatic rings. The predicted octanol–water partition coefficient (Wildman–Crippen LogP) is -0.895. The number of hydrogen-bond donors (Lipinski definition) is 2. The van der Waals surface area contributed by atoms with Crippen molar-refractivity contribution in [2.24, 2.45) is 0 Å². The highest BCUT2D eigenvalue weighted by Crippen LogP contribution is 2.09. The third kappa shape index (κ3) is 3.50. The Balaban J connectivity index is 1.76. The molecule has 2 N–H and O–H groups in total. The number of amides is 1. The SMILES string of the molecule is CCOC(=O)CCNC(=O)c1cn(C2CNC2)nn1. The van der Waals surface area contributed by atoms with E-state index < -0.39 is 0 Å². The molecule has 2 rings (SSSR count). The summed E-state index contributed by atoms with van der Waals surface area (Å²) in [5.41, 5.74) is 0.260. The van der Waals surface area contributed by atoms with Gasteiger partial charge >= 0.3 is 5.97 Å². The highest BCUT2D eigenvalue weighted by Gasteiger charge is 2.21. The standard InChI is InChI=1S/C11H17N5O3/c1-2-19-10(17)3-4-13-11(18)9-7-16(15-14-9)8-5-12-6-8/h7-8,12H,2-6H2,1H3,(H,13,18). The quantitative estimate of drug-likeness (QED) is 0.649. The van der Waals surface area contributed by atoms with Crippen LogP contribution in [0.4, 0.5) is 0 Å². The lowest BCUT2D eigenvalue weighted by molar-refractivity contribution is -0.142. The first-order valence-electron chi connectivity index (χ1n) is 6.27. The Bertz CT molecular complexity index is 455. The molecule has 0 atom stereocenters. The summed E-state index contributed by atoms with van der Waals surface area (Å²) in [7, 11) is 0. The van der Waals surface area contributed by atoms with Gasteiger partial charge in [-0.1, -0.05) is 5.21 Å². The number of nitrogens with zero attached hydrogens (tertiary/aromatic N) is 3. The van der Waals surface area contributed by atoms with Crippen molar-refractivity contribution >= 4 is 11.9 Å². The Kier molecular flexibility index (Phi) is 4.45. The van der Waals surface area contributed by atoms with Crippen molar-refractivity contribution < 1.29 is 14.3 Å². The molecule has 0 aliphatic carbocycles. The largest absolute Gasteiger partial charge is 0.466 e. The first-order valence-corrected chi connectivity index (χ1v) is 6.27. The first kappa shape index (κ1) is 13.5. The van der Waals surface area contributed by atoms with Gasteiger partial charge in [0.2, 0.25) is 0 Å². The Morgan fingerprint density at radius 1 is 1.58 bits per heavy atom. The molecule has 0 unspecified atom stereocenters. The lowest BCUT2D eigenvalue weighted by Gasteiger charge is -2.26. The monoisotopic (exact) mass is 267 g/mol. The fourth-order valence-corrected chi connectivity index (χ4v) is 1.62. The molecule has 1 aliphatic heterocycles. The number of carbonyl (C=O) groups is 2. The number of aromatic nitrogens is 3. The zero-order valence-corrected chi connectivity index (χ0v) is 10.8. The van der Waals surface area contributed by atoms with E-state index in [1.807, 2.05) is 0 Å². The lowest BCUT2D eigenvalue weighted by atomic mass is 10.2. The number of rotatable bonds is 6. The van der Waals surface area contributed by atoms with Crippen molar-refractivity contribution in [3.63, 3.8) is 0 Å². The molecule has 1 aromatic heterocycles. The van der Waals surface area contributed by atoms with Crippen molar-refractivity contribution in [1.29, 1.82) is 0 Å². The summed E-state index contributed by atoms with van der Waals surface area (Å²) in [6.45, 7) is 4.00. The zero-order chi connectivity index (χ0) is 13.7. The van der Waals surface area contributed by atoms with Crippen molar-refractivity contribution in [2.45, 2.75) is 19.4 Å². The number of carbonyl (C=O) groups excluding carboxylic acids is 2. The Morgan fingerprint density at radius 2 is 2.37 bits per heavy atom. The van der Waals surface area contributed by atoms with Crippen molar-refractivity contribution in [3.05, 3.63) is 11.9 Å². The highest BCUT2D eigenvalue weighted by molar-refractivity contribution is 5.92. The fourth-order valence-electron chi connectivity index (χ4n) is 1.62. The topological polar surface area (TPSA) is 98.1 Å². The Labute approximate surface area is 110 Å². The van der Waals surface area contributed by atoms with Crippen LogP contribution in [0.25, 0.3) is 0 Å². The van der Waals surface area contributed by atoms with Gasteiger partial charge in [0.1, 0.15) is 0 Å². The highest BCUT2D eigenvalue weighted by atomic mass is 16.5. The molecule has 1 saturated heterocycles. The van der Waals surface area contributed by atoms with E-state index in [1.165, 1.54) is 0 Å². The second-order valence-corrected chi connectivity index (χ2v) is 4.21. The number of esters is 1. The molecule has 1 amide bonds. The van der Waals surface area contributed by atoms with Gasteiger partial charge in [-0.3, -0.25) is 9.59 Å². The third-order valence-corrected chi connectivity index (χ3v) is 2.80. The van der Waals surface area contributed by atoms with Crippen molar-refractivity contribution in [3.8, 4) is 0 Å². The average Bonchev–Trinajstić information content (AvgIpc) is 2.76. The second-order valence-electron chi connectivity index (χ2n) is 4.21. The van der Waals surface area contributed by atoms with Gasteiger partial charge < -0.3 is 15.4 Å². The first-order chi connectivity index (χ1) is 9.20. The molecule has 0 bridgehead atoms. The molecule has 0 saturated carbocycles. The smallest absolute Gasteiger partial charge is 0.307 e. The maximum absolute atomic E-state index is 11.7. The van der Waals surface area contributed by atoms with E-state index in [-0.39, 0.29) is 36.6 Å². The number of nitrogens with one attached hydrogen (secondary N) is 2. The molecule has 8 heteroatoms. The summed E-state index contributed by atoms with van der Waals surface area (Å²) < 4.78 is 6.44. The third-order valence-electron chi connectivity index (χ3n) is 2.80. The summed E-state index contributed by atoms with van der Waals surface area (Å²) >= 11 is 0. The average molecular weight is 267 g/mol. The number of ether oxygens (including phenoxy) is 1. The van der Waals surface area contributed by atoms with E-state index >= 15 is 0 Å². The molecule has 19 heavy (non-hydrogen) atoms. The summed E-state index contributed by atoms with van der Waals surface area (Å²) in [5, 5.41) is 13.4. The summed E-state index contributed by atoms with van der Waals surface area (Å²) in [4.78, 5) is 22.8. The van der Waals surface area contributed by atoms with Gasteiger partial charge in [-0.2, -0.15) is 0 Å². The zero-order valence-electron chi connectivity index (χ0n) is 10.8. The van der Waals surface area contributed by atoms with Gasteiger partial charge in [-0.25, -0.2) is 4.68 Å². The van der Waals surface area contributed by atoms with Crippen LogP contribution in [0.3, 0.4) is 0 Å². The molecule has 1 aliphatic rings. The van der Waals surface area contributed by atoms with E-state index in [4.69, 9.17) is 4.74 Å². The normalized spacial score (nSPS) is 14.8. The maximum Gasteiger partial charge on any atom is 0.307 e. The number of hydrogen-bond acceptors (Lipinski definition) is 6. The molecule has 8 nitrogen and oxygen atoms in total. The molecule has 2 heterocycles. The van der Waals surface area contributed by atoms with Gasteiger partial charge in [0.15, 0.2) is 5.69 Å². The van der Waals surface area contributed by atoms with Gasteiger partial charge in [0.05, 0.1) is 25.3 Å². The summed E-state index contributed by atoms with van der Waals surface area (Å²) in [5.74, 6) is -0.658. The molecular weight excluding hydrogens is 250 g/mol. The molecule has 104 valence electrons. The van der Waals surface area contributed by atoms with Crippen LogP contribution in [-0.2, 0) is 9.53 Å². The van der Waals surface area contributed by atoms with Crippen LogP contribution in [0.15, 0.2) is 6.20 Å². The van der Waals surface area contributed by atoms with Gasteiger partial charge in [0, 0.05) is 19.6 Å². The molecule has 1 fully saturated rings. The van der Waals surface area contributed by atoms with E-state index in [0.717, 1.165) is 13.1 Å². The van der Waals surface area contributed by atoms with Crippen LogP contribution in [-0.4, -0.2) is 53.1 Å². The minimum Gasteiger partial charge on any atom is -0.466 e. The Morgan fingerprint density at radius 3 is 3.00 bits per heavy atom. The van der Waals surface area contributed by atoms with Gasteiger partial charge in [-0.15, -0.1) is 5.10 Å². The lowest BCUT2D eigenvalue weighted by Crippen LogP contribution is -2.43. The van der Waals surface area contributed by atoms with E-state index in [2.05, 4.69) is 20.9 Å². The minimum absolute atomic E-state index is 0.153. The second kappa shape index (κ2) is 6.28. The van der Waals surface area contributed by atoms with Crippen LogP contribution in [0, 0.1) is 0 Å². The molecule has 0 spiro atoms. The summed E-state index contributed by atoms with van der Waals surface area (Å²) in [6, 6.07) is 0.272. The maximum atomic E-state index is 11.7. The van der Waals surface area contributed by atoms with Crippen molar-refractivity contribution in [2.75, 3.05) is 26.2 Å².